The van der Waals surface area contributed by atoms with Gasteiger partial charge in [-0.25, -0.2) is 4.98 Å². The summed E-state index contributed by atoms with van der Waals surface area (Å²) in [5.41, 5.74) is 0.963. The molecule has 1 aliphatic rings. The summed E-state index contributed by atoms with van der Waals surface area (Å²) in [6, 6.07) is 11.5. The van der Waals surface area contributed by atoms with Crippen molar-refractivity contribution >= 4 is 0 Å². The van der Waals surface area contributed by atoms with Crippen LogP contribution in [0.25, 0.3) is 11.7 Å². The maximum Gasteiger partial charge on any atom is 0.263 e. The lowest BCUT2D eigenvalue weighted by Gasteiger charge is -2.32. The molecule has 0 atom stereocenters. The molecular formula is C21H24N2O4. The third-order valence-corrected chi connectivity index (χ3v) is 4.90. The summed E-state index contributed by atoms with van der Waals surface area (Å²) < 4.78 is 22.7. The monoisotopic (exact) mass is 368 g/mol. The highest BCUT2D eigenvalue weighted by Gasteiger charge is 2.23. The molecule has 3 aromatic rings. The molecule has 1 saturated heterocycles. The Labute approximate surface area is 158 Å². The van der Waals surface area contributed by atoms with E-state index in [2.05, 4.69) is 9.88 Å². The molecule has 0 radical (unpaired) electrons. The van der Waals surface area contributed by atoms with Gasteiger partial charge in [0.2, 0.25) is 0 Å². The van der Waals surface area contributed by atoms with E-state index in [1.165, 1.54) is 0 Å². The van der Waals surface area contributed by atoms with E-state index >= 15 is 0 Å². The lowest BCUT2D eigenvalue weighted by molar-refractivity contribution is 0.0935. The lowest BCUT2D eigenvalue weighted by atomic mass is 10.1. The van der Waals surface area contributed by atoms with Crippen molar-refractivity contribution in [2.45, 2.75) is 32.4 Å². The number of benzene rings is 1. The highest BCUT2D eigenvalue weighted by molar-refractivity contribution is 5.44. The zero-order chi connectivity index (χ0) is 18.6. The molecule has 1 aliphatic heterocycles. The quantitative estimate of drug-likeness (QED) is 0.647. The minimum Gasteiger partial charge on any atom is -0.493 e. The molecule has 1 fully saturated rings. The van der Waals surface area contributed by atoms with Crippen molar-refractivity contribution in [3.8, 4) is 23.1 Å². The van der Waals surface area contributed by atoms with Crippen molar-refractivity contribution in [1.82, 2.24) is 9.88 Å². The van der Waals surface area contributed by atoms with Crippen LogP contribution in [0.15, 0.2) is 51.5 Å². The van der Waals surface area contributed by atoms with E-state index in [1.54, 1.807) is 13.4 Å². The Balaban J connectivity index is 1.33. The van der Waals surface area contributed by atoms with Crippen molar-refractivity contribution in [3.63, 3.8) is 0 Å². The van der Waals surface area contributed by atoms with Crippen LogP contribution < -0.4 is 9.47 Å². The average molecular weight is 368 g/mol. The molecule has 2 aromatic heterocycles. The first-order chi connectivity index (χ1) is 13.2. The smallest absolute Gasteiger partial charge is 0.263 e. The predicted octanol–water partition coefficient (Wildman–Crippen LogP) is 4.30. The van der Waals surface area contributed by atoms with Crippen LogP contribution in [0.1, 0.15) is 24.3 Å². The van der Waals surface area contributed by atoms with E-state index < -0.39 is 0 Å². The summed E-state index contributed by atoms with van der Waals surface area (Å²) in [6.07, 6.45) is 3.77. The van der Waals surface area contributed by atoms with Gasteiger partial charge < -0.3 is 18.3 Å². The van der Waals surface area contributed by atoms with Crippen LogP contribution in [0.2, 0.25) is 0 Å². The van der Waals surface area contributed by atoms with Crippen LogP contribution in [0, 0.1) is 6.92 Å². The Morgan fingerprint density at radius 3 is 2.59 bits per heavy atom. The van der Waals surface area contributed by atoms with Gasteiger partial charge in [0.25, 0.3) is 5.89 Å². The van der Waals surface area contributed by atoms with Gasteiger partial charge in [-0.1, -0.05) is 12.1 Å². The van der Waals surface area contributed by atoms with Crippen LogP contribution in [-0.4, -0.2) is 36.2 Å². The van der Waals surface area contributed by atoms with Crippen LogP contribution in [0.5, 0.6) is 11.5 Å². The van der Waals surface area contributed by atoms with Crippen LogP contribution >= 0.6 is 0 Å². The van der Waals surface area contributed by atoms with Gasteiger partial charge in [0.05, 0.1) is 19.1 Å². The molecule has 4 rings (SSSR count). The van der Waals surface area contributed by atoms with Crippen molar-refractivity contribution in [2.24, 2.45) is 0 Å². The SMILES string of the molecule is COc1ccccc1OC1CCN(Cc2nc(-c3ccco3)oc2C)CC1. The first-order valence-corrected chi connectivity index (χ1v) is 9.25. The second kappa shape index (κ2) is 7.88. The number of rotatable bonds is 6. The third-order valence-electron chi connectivity index (χ3n) is 4.90. The van der Waals surface area contributed by atoms with Gasteiger partial charge in [-0.3, -0.25) is 4.90 Å². The number of ether oxygens (including phenoxy) is 2. The van der Waals surface area contributed by atoms with E-state index in [0.29, 0.717) is 11.7 Å². The Bertz CT molecular complexity index is 864. The second-order valence-corrected chi connectivity index (χ2v) is 6.74. The van der Waals surface area contributed by atoms with E-state index in [-0.39, 0.29) is 6.10 Å². The zero-order valence-corrected chi connectivity index (χ0v) is 15.7. The topological polar surface area (TPSA) is 60.9 Å². The Kier molecular flexibility index (Phi) is 5.16. The van der Waals surface area contributed by atoms with Crippen LogP contribution in [0.4, 0.5) is 0 Å². The summed E-state index contributed by atoms with van der Waals surface area (Å²) in [7, 11) is 1.67. The summed E-state index contributed by atoms with van der Waals surface area (Å²) in [6.45, 7) is 4.65. The second-order valence-electron chi connectivity index (χ2n) is 6.74. The first-order valence-electron chi connectivity index (χ1n) is 9.25. The number of furan rings is 1. The number of hydrogen-bond donors (Lipinski definition) is 0. The van der Waals surface area contributed by atoms with Gasteiger partial charge in [-0.05, 0) is 44.0 Å². The molecule has 6 nitrogen and oxygen atoms in total. The number of likely N-dealkylation sites (tertiary alicyclic amines) is 1. The van der Waals surface area contributed by atoms with Crippen LogP contribution in [0.3, 0.4) is 0 Å². The lowest BCUT2D eigenvalue weighted by Crippen LogP contribution is -2.38. The molecule has 0 aliphatic carbocycles. The molecule has 1 aromatic carbocycles. The molecule has 0 N–H and O–H groups in total. The summed E-state index contributed by atoms with van der Waals surface area (Å²) in [5, 5.41) is 0. The number of piperidine rings is 1. The minimum absolute atomic E-state index is 0.203. The number of oxazole rings is 1. The van der Waals surface area contributed by atoms with E-state index in [1.807, 2.05) is 43.3 Å². The molecule has 0 amide bonds. The molecule has 0 saturated carbocycles. The van der Waals surface area contributed by atoms with Gasteiger partial charge in [-0.15, -0.1) is 0 Å². The summed E-state index contributed by atoms with van der Waals surface area (Å²) >= 11 is 0. The predicted molar refractivity (Wildman–Crippen MR) is 101 cm³/mol. The summed E-state index contributed by atoms with van der Waals surface area (Å²) in [4.78, 5) is 6.99. The highest BCUT2D eigenvalue weighted by atomic mass is 16.5. The molecule has 0 bridgehead atoms. The first kappa shape index (κ1) is 17.7. The number of hydrogen-bond acceptors (Lipinski definition) is 6. The molecule has 27 heavy (non-hydrogen) atoms. The van der Waals surface area contributed by atoms with Gasteiger partial charge >= 0.3 is 0 Å². The van der Waals surface area contributed by atoms with Crippen molar-refractivity contribution in [2.75, 3.05) is 20.2 Å². The van der Waals surface area contributed by atoms with Crippen molar-refractivity contribution in [1.29, 1.82) is 0 Å². The molecule has 0 spiro atoms. The highest BCUT2D eigenvalue weighted by Crippen LogP contribution is 2.29. The van der Waals surface area contributed by atoms with Crippen molar-refractivity contribution in [3.05, 3.63) is 54.1 Å². The maximum absolute atomic E-state index is 6.15. The molecule has 6 heteroatoms. The van der Waals surface area contributed by atoms with Crippen LogP contribution in [-0.2, 0) is 6.54 Å². The normalized spacial score (nSPS) is 15.8. The number of aromatic nitrogens is 1. The largest absolute Gasteiger partial charge is 0.493 e. The fraction of sp³-hybridized carbons (Fsp3) is 0.381. The summed E-state index contributed by atoms with van der Waals surface area (Å²) in [5.74, 6) is 3.64. The van der Waals surface area contributed by atoms with Gasteiger partial charge in [-0.2, -0.15) is 0 Å². The fourth-order valence-electron chi connectivity index (χ4n) is 3.37. The number of aryl methyl sites for hydroxylation is 1. The van der Waals surface area contributed by atoms with Crippen molar-refractivity contribution < 1.29 is 18.3 Å². The Morgan fingerprint density at radius 2 is 1.89 bits per heavy atom. The van der Waals surface area contributed by atoms with Gasteiger partial charge in [0, 0.05) is 19.6 Å². The van der Waals surface area contributed by atoms with Gasteiger partial charge in [0.1, 0.15) is 11.9 Å². The zero-order valence-electron chi connectivity index (χ0n) is 15.7. The Hall–Kier alpha value is -2.73. The molecular weight excluding hydrogens is 344 g/mol. The van der Waals surface area contributed by atoms with E-state index in [4.69, 9.17) is 18.3 Å². The Morgan fingerprint density at radius 1 is 1.11 bits per heavy atom. The minimum atomic E-state index is 0.203. The standard InChI is InChI=1S/C21H24N2O4/c1-15-17(22-21(26-15)20-8-5-13-25-20)14-23-11-9-16(10-12-23)27-19-7-4-3-6-18(19)24-2/h3-8,13,16H,9-12,14H2,1-2H3. The fourth-order valence-corrected chi connectivity index (χ4v) is 3.37. The number of methoxy groups -OCH3 is 1. The molecule has 142 valence electrons. The van der Waals surface area contributed by atoms with Gasteiger partial charge in [0.15, 0.2) is 17.3 Å². The molecule has 3 heterocycles. The average Bonchev–Trinajstić information content (AvgIpc) is 3.34. The number of nitrogens with zero attached hydrogens (tertiary/aromatic N) is 2. The maximum atomic E-state index is 6.15. The van der Waals surface area contributed by atoms with E-state index in [0.717, 1.165) is 55.4 Å². The number of para-hydroxylation sites is 2. The molecule has 0 unspecified atom stereocenters. The third kappa shape index (κ3) is 4.01. The van der Waals surface area contributed by atoms with E-state index in [9.17, 15) is 0 Å².